The number of likely N-dealkylation sites (tertiary alicyclic amines) is 1. The maximum atomic E-state index is 12.8. The predicted molar refractivity (Wildman–Crippen MR) is 144 cm³/mol. The van der Waals surface area contributed by atoms with Crippen molar-refractivity contribution < 1.29 is 4.79 Å². The van der Waals surface area contributed by atoms with Crippen molar-refractivity contribution in [2.45, 2.75) is 26.2 Å². The standard InChI is InChI=1S/C27H35N7O/c1-20-10-11-22(31-27(35)21-8-6-9-23(16-21)33(2)3)17-24(20)32-26-18-25(29-19-30-26)28-12-7-15-34-13-4-5-14-34/h6,8-11,16-19H,4-5,7,12-15H2,1-3H3,(H,31,35)(H2,28,29,30,32). The van der Waals surface area contributed by atoms with Crippen LogP contribution in [0, 0.1) is 6.92 Å². The third kappa shape index (κ3) is 6.93. The molecule has 1 fully saturated rings. The number of hydrogen-bond donors (Lipinski definition) is 3. The van der Waals surface area contributed by atoms with Gasteiger partial charge in [0.15, 0.2) is 0 Å². The van der Waals surface area contributed by atoms with E-state index in [1.54, 1.807) is 6.33 Å². The average Bonchev–Trinajstić information content (AvgIpc) is 3.38. The molecule has 3 aromatic rings. The average molecular weight is 474 g/mol. The SMILES string of the molecule is Cc1ccc(NC(=O)c2cccc(N(C)C)c2)cc1Nc1cc(NCCCN2CCCC2)ncn1. The first-order chi connectivity index (χ1) is 17.0. The third-order valence-corrected chi connectivity index (χ3v) is 6.21. The number of aryl methyl sites for hydroxylation is 1. The van der Waals surface area contributed by atoms with Gasteiger partial charge in [-0.3, -0.25) is 4.79 Å². The molecule has 0 spiro atoms. The second kappa shape index (κ2) is 11.7. The van der Waals surface area contributed by atoms with Crippen LogP contribution in [0.25, 0.3) is 0 Å². The molecule has 1 saturated heterocycles. The minimum absolute atomic E-state index is 0.147. The number of nitrogens with one attached hydrogen (secondary N) is 3. The number of carbonyl (C=O) groups excluding carboxylic acids is 1. The van der Waals surface area contributed by atoms with Crippen molar-refractivity contribution in [2.24, 2.45) is 0 Å². The van der Waals surface area contributed by atoms with Crippen LogP contribution in [0.4, 0.5) is 28.7 Å². The molecule has 0 atom stereocenters. The molecular weight excluding hydrogens is 438 g/mol. The van der Waals surface area contributed by atoms with Gasteiger partial charge in [0.05, 0.1) is 0 Å². The van der Waals surface area contributed by atoms with Crippen LogP contribution in [0.5, 0.6) is 0 Å². The van der Waals surface area contributed by atoms with Gasteiger partial charge in [-0.1, -0.05) is 12.1 Å². The molecule has 0 aliphatic carbocycles. The van der Waals surface area contributed by atoms with Crippen LogP contribution in [-0.2, 0) is 0 Å². The highest BCUT2D eigenvalue weighted by Gasteiger charge is 2.11. The van der Waals surface area contributed by atoms with Gasteiger partial charge in [0.2, 0.25) is 0 Å². The summed E-state index contributed by atoms with van der Waals surface area (Å²) >= 11 is 0. The van der Waals surface area contributed by atoms with Gasteiger partial charge in [0.25, 0.3) is 5.91 Å². The van der Waals surface area contributed by atoms with E-state index in [0.29, 0.717) is 17.1 Å². The molecule has 1 aromatic heterocycles. The molecule has 1 aliphatic heterocycles. The Morgan fingerprint density at radius 2 is 1.83 bits per heavy atom. The largest absolute Gasteiger partial charge is 0.378 e. The van der Waals surface area contributed by atoms with E-state index in [0.717, 1.165) is 42.3 Å². The molecule has 0 radical (unpaired) electrons. The number of benzene rings is 2. The molecule has 0 bridgehead atoms. The summed E-state index contributed by atoms with van der Waals surface area (Å²) in [5, 5.41) is 9.77. The maximum Gasteiger partial charge on any atom is 0.255 e. The molecule has 2 heterocycles. The summed E-state index contributed by atoms with van der Waals surface area (Å²) < 4.78 is 0. The van der Waals surface area contributed by atoms with Crippen molar-refractivity contribution in [3.05, 3.63) is 66.0 Å². The third-order valence-electron chi connectivity index (χ3n) is 6.21. The van der Waals surface area contributed by atoms with Crippen LogP contribution in [0.1, 0.15) is 35.2 Å². The lowest BCUT2D eigenvalue weighted by Gasteiger charge is -2.15. The van der Waals surface area contributed by atoms with E-state index in [-0.39, 0.29) is 5.91 Å². The highest BCUT2D eigenvalue weighted by atomic mass is 16.1. The van der Waals surface area contributed by atoms with Gasteiger partial charge in [0.1, 0.15) is 18.0 Å². The topological polar surface area (TPSA) is 85.4 Å². The Balaban J connectivity index is 1.36. The first kappa shape index (κ1) is 24.5. The zero-order valence-corrected chi connectivity index (χ0v) is 20.8. The Kier molecular flexibility index (Phi) is 8.15. The van der Waals surface area contributed by atoms with Crippen LogP contribution in [0.3, 0.4) is 0 Å². The van der Waals surface area contributed by atoms with Gasteiger partial charge in [-0.15, -0.1) is 0 Å². The molecule has 8 nitrogen and oxygen atoms in total. The van der Waals surface area contributed by atoms with E-state index in [1.165, 1.54) is 25.9 Å². The lowest BCUT2D eigenvalue weighted by Crippen LogP contribution is -2.22. The molecule has 3 N–H and O–H groups in total. The van der Waals surface area contributed by atoms with Gasteiger partial charge in [-0.05, 0) is 81.7 Å². The van der Waals surface area contributed by atoms with E-state index in [4.69, 9.17) is 0 Å². The smallest absolute Gasteiger partial charge is 0.255 e. The van der Waals surface area contributed by atoms with Gasteiger partial charge >= 0.3 is 0 Å². The highest BCUT2D eigenvalue weighted by molar-refractivity contribution is 6.05. The van der Waals surface area contributed by atoms with Crippen molar-refractivity contribution in [3.8, 4) is 0 Å². The zero-order chi connectivity index (χ0) is 24.6. The number of nitrogens with zero attached hydrogens (tertiary/aromatic N) is 4. The van der Waals surface area contributed by atoms with Gasteiger partial charge in [-0.25, -0.2) is 9.97 Å². The van der Waals surface area contributed by atoms with Crippen molar-refractivity contribution in [3.63, 3.8) is 0 Å². The summed E-state index contributed by atoms with van der Waals surface area (Å²) in [5.74, 6) is 1.35. The lowest BCUT2D eigenvalue weighted by molar-refractivity contribution is 0.102. The van der Waals surface area contributed by atoms with Gasteiger partial charge in [-0.2, -0.15) is 0 Å². The van der Waals surface area contributed by atoms with Crippen LogP contribution in [0.2, 0.25) is 0 Å². The monoisotopic (exact) mass is 473 g/mol. The zero-order valence-electron chi connectivity index (χ0n) is 20.8. The number of aromatic nitrogens is 2. The molecular formula is C27H35N7O. The summed E-state index contributed by atoms with van der Waals surface area (Å²) in [6.07, 6.45) is 5.29. The van der Waals surface area contributed by atoms with Crippen molar-refractivity contribution >= 4 is 34.6 Å². The molecule has 1 amide bonds. The molecule has 4 rings (SSSR count). The van der Waals surface area contributed by atoms with Crippen molar-refractivity contribution in [2.75, 3.05) is 61.1 Å². The van der Waals surface area contributed by atoms with Crippen LogP contribution < -0.4 is 20.9 Å². The van der Waals surface area contributed by atoms with Gasteiger partial charge < -0.3 is 25.8 Å². The Morgan fingerprint density at radius 1 is 1.03 bits per heavy atom. The van der Waals surface area contributed by atoms with Gasteiger partial charge in [0, 0.05) is 49.3 Å². The van der Waals surface area contributed by atoms with E-state index >= 15 is 0 Å². The molecule has 1 aliphatic rings. The molecule has 0 saturated carbocycles. The van der Waals surface area contributed by atoms with E-state index < -0.39 is 0 Å². The number of hydrogen-bond acceptors (Lipinski definition) is 7. The molecule has 184 valence electrons. The van der Waals surface area contributed by atoms with E-state index in [1.807, 2.05) is 74.4 Å². The fourth-order valence-corrected chi connectivity index (χ4v) is 4.15. The Labute approximate surface area is 207 Å². The quantitative estimate of drug-likeness (QED) is 0.367. The highest BCUT2D eigenvalue weighted by Crippen LogP contribution is 2.25. The fraction of sp³-hybridized carbons (Fsp3) is 0.370. The first-order valence-electron chi connectivity index (χ1n) is 12.2. The molecule has 8 heteroatoms. The minimum atomic E-state index is -0.147. The number of anilines is 5. The normalized spacial score (nSPS) is 13.5. The van der Waals surface area contributed by atoms with E-state index in [2.05, 4.69) is 30.8 Å². The second-order valence-electron chi connectivity index (χ2n) is 9.17. The Hall–Kier alpha value is -3.65. The number of carbonyl (C=O) groups is 1. The summed E-state index contributed by atoms with van der Waals surface area (Å²) in [6.45, 7) is 6.47. The molecule has 2 aromatic carbocycles. The summed E-state index contributed by atoms with van der Waals surface area (Å²) in [5.41, 5.74) is 4.24. The summed E-state index contributed by atoms with van der Waals surface area (Å²) in [7, 11) is 3.91. The lowest BCUT2D eigenvalue weighted by atomic mass is 10.1. The summed E-state index contributed by atoms with van der Waals surface area (Å²) in [4.78, 5) is 26.0. The van der Waals surface area contributed by atoms with Crippen molar-refractivity contribution in [1.29, 1.82) is 0 Å². The van der Waals surface area contributed by atoms with Crippen molar-refractivity contribution in [1.82, 2.24) is 14.9 Å². The Morgan fingerprint density at radius 3 is 2.63 bits per heavy atom. The van der Waals surface area contributed by atoms with Crippen LogP contribution in [0.15, 0.2) is 54.9 Å². The maximum absolute atomic E-state index is 12.8. The number of rotatable bonds is 10. The van der Waals surface area contributed by atoms with Crippen LogP contribution >= 0.6 is 0 Å². The summed E-state index contributed by atoms with van der Waals surface area (Å²) in [6, 6.07) is 15.3. The molecule has 0 unspecified atom stereocenters. The van der Waals surface area contributed by atoms with E-state index in [9.17, 15) is 4.79 Å². The predicted octanol–water partition coefficient (Wildman–Crippen LogP) is 4.74. The second-order valence-corrected chi connectivity index (χ2v) is 9.17. The Bertz CT molecular complexity index is 1140. The van der Waals surface area contributed by atoms with Crippen LogP contribution in [-0.4, -0.2) is 61.0 Å². The molecule has 35 heavy (non-hydrogen) atoms. The minimum Gasteiger partial charge on any atom is -0.378 e. The fourth-order valence-electron chi connectivity index (χ4n) is 4.15. The number of amides is 1. The first-order valence-corrected chi connectivity index (χ1v) is 12.2.